The summed E-state index contributed by atoms with van der Waals surface area (Å²) >= 11 is 0. The predicted molar refractivity (Wildman–Crippen MR) is 56.0 cm³/mol. The Hall–Kier alpha value is -1.49. The van der Waals surface area contributed by atoms with Crippen LogP contribution < -0.4 is 4.74 Å². The molecule has 0 aliphatic heterocycles. The summed E-state index contributed by atoms with van der Waals surface area (Å²) in [5.74, 6) is 1.86. The van der Waals surface area contributed by atoms with Gasteiger partial charge < -0.3 is 4.74 Å². The molecule has 0 N–H and O–H groups in total. The molecule has 14 heavy (non-hydrogen) atoms. The fraction of sp³-hybridized carbons (Fsp3) is 0.333. The Morgan fingerprint density at radius 2 is 2.14 bits per heavy atom. The Bertz CT molecular complexity index is 350. The van der Waals surface area contributed by atoms with Crippen LogP contribution in [0.5, 0.6) is 5.75 Å². The van der Waals surface area contributed by atoms with Gasteiger partial charge in [-0.25, -0.2) is 0 Å². The molecule has 1 aromatic carbocycles. The summed E-state index contributed by atoms with van der Waals surface area (Å²) in [5, 5.41) is 8.91. The van der Waals surface area contributed by atoms with Gasteiger partial charge in [0.25, 0.3) is 0 Å². The third-order valence-electron chi connectivity index (χ3n) is 1.96. The van der Waals surface area contributed by atoms with Crippen molar-refractivity contribution >= 4 is 0 Å². The smallest absolute Gasteiger partial charge is 0.140 e. The summed E-state index contributed by atoms with van der Waals surface area (Å²) in [4.78, 5) is 0. The monoisotopic (exact) mass is 188 g/mol. The highest BCUT2D eigenvalue weighted by Crippen LogP contribution is 2.29. The third kappa shape index (κ3) is 2.05. The van der Waals surface area contributed by atoms with Crippen molar-refractivity contribution < 1.29 is 4.74 Å². The van der Waals surface area contributed by atoms with Crippen molar-refractivity contribution in [1.29, 1.82) is 5.26 Å². The molecule has 1 rings (SSSR count). The summed E-state index contributed by atoms with van der Waals surface area (Å²) in [7, 11) is 0. The van der Waals surface area contributed by atoms with Crippen LogP contribution in [0.4, 0.5) is 0 Å². The normalized spacial score (nSPS) is 9.93. The summed E-state index contributed by atoms with van der Waals surface area (Å²) < 4.78 is 5.48. The lowest BCUT2D eigenvalue weighted by atomic mass is 9.99. The lowest BCUT2D eigenvalue weighted by Gasteiger charge is -2.13. The first-order valence-electron chi connectivity index (χ1n) is 4.67. The zero-order valence-corrected chi connectivity index (χ0v) is 8.79. The Kier molecular flexibility index (Phi) is 3.53. The molecule has 1 radical (unpaired) electrons. The molecule has 0 fully saturated rings. The van der Waals surface area contributed by atoms with E-state index in [4.69, 9.17) is 10.00 Å². The number of nitrogens with zero attached hydrogens (tertiary/aromatic N) is 1. The van der Waals surface area contributed by atoms with E-state index in [0.29, 0.717) is 17.9 Å². The summed E-state index contributed by atoms with van der Waals surface area (Å²) in [6, 6.07) is 7.76. The minimum atomic E-state index is 0.582. The van der Waals surface area contributed by atoms with Crippen molar-refractivity contribution in [2.24, 2.45) is 0 Å². The van der Waals surface area contributed by atoms with E-state index in [9.17, 15) is 0 Å². The maximum Gasteiger partial charge on any atom is 0.140 e. The van der Waals surface area contributed by atoms with Crippen molar-refractivity contribution in [3.05, 3.63) is 35.2 Å². The molecule has 0 saturated heterocycles. The molecule has 0 amide bonds. The van der Waals surface area contributed by atoms with Crippen molar-refractivity contribution in [3.8, 4) is 11.8 Å². The van der Waals surface area contributed by atoms with E-state index < -0.39 is 0 Å². The zero-order valence-electron chi connectivity index (χ0n) is 8.79. The number of nitriles is 1. The van der Waals surface area contributed by atoms with Crippen molar-refractivity contribution in [3.63, 3.8) is 0 Å². The molecule has 0 spiro atoms. The van der Waals surface area contributed by atoms with Gasteiger partial charge in [0.1, 0.15) is 11.8 Å². The zero-order chi connectivity index (χ0) is 10.6. The fourth-order valence-electron chi connectivity index (χ4n) is 1.32. The molecule has 2 nitrogen and oxygen atoms in total. The van der Waals surface area contributed by atoms with Crippen LogP contribution in [0.15, 0.2) is 18.2 Å². The van der Waals surface area contributed by atoms with E-state index in [1.807, 2.05) is 32.9 Å². The van der Waals surface area contributed by atoms with Gasteiger partial charge in [0, 0.05) is 11.5 Å². The number of para-hydroxylation sites is 1. The van der Waals surface area contributed by atoms with Gasteiger partial charge in [-0.1, -0.05) is 26.0 Å². The molecule has 73 valence electrons. The molecule has 0 saturated carbocycles. The molecule has 2 heteroatoms. The average molecular weight is 188 g/mol. The van der Waals surface area contributed by atoms with E-state index in [2.05, 4.69) is 6.07 Å². The molecule has 0 aromatic heterocycles. The highest BCUT2D eigenvalue weighted by molar-refractivity contribution is 5.52. The number of rotatable bonds is 3. The van der Waals surface area contributed by atoms with Crippen LogP contribution in [0.3, 0.4) is 0 Å². The maximum atomic E-state index is 8.91. The molecule has 0 heterocycles. The first-order valence-corrected chi connectivity index (χ1v) is 4.67. The van der Waals surface area contributed by atoms with Crippen molar-refractivity contribution in [1.82, 2.24) is 0 Å². The molecular weight excluding hydrogens is 174 g/mol. The van der Waals surface area contributed by atoms with Crippen LogP contribution in [0.1, 0.15) is 31.9 Å². The van der Waals surface area contributed by atoms with Gasteiger partial charge >= 0.3 is 0 Å². The van der Waals surface area contributed by atoms with E-state index in [1.54, 1.807) is 6.07 Å². The highest BCUT2D eigenvalue weighted by atomic mass is 16.5. The van der Waals surface area contributed by atoms with E-state index in [1.165, 1.54) is 0 Å². The number of benzene rings is 1. The quantitative estimate of drug-likeness (QED) is 0.730. The van der Waals surface area contributed by atoms with Gasteiger partial charge in [0.2, 0.25) is 0 Å². The Morgan fingerprint density at radius 3 is 2.64 bits per heavy atom. The van der Waals surface area contributed by atoms with Gasteiger partial charge in [-0.15, -0.1) is 0 Å². The lowest BCUT2D eigenvalue weighted by molar-refractivity contribution is 0.336. The number of hydrogen-bond donors (Lipinski definition) is 0. The second-order valence-corrected chi connectivity index (χ2v) is 3.23. The molecule has 0 aliphatic rings. The van der Waals surface area contributed by atoms with Crippen LogP contribution in [0.2, 0.25) is 0 Å². The number of hydrogen-bond acceptors (Lipinski definition) is 2. The molecule has 0 aliphatic carbocycles. The second-order valence-electron chi connectivity index (χ2n) is 3.23. The Balaban J connectivity index is 3.22. The third-order valence-corrected chi connectivity index (χ3v) is 1.96. The maximum absolute atomic E-state index is 8.91. The largest absolute Gasteiger partial charge is 0.492 e. The average Bonchev–Trinajstić information content (AvgIpc) is 2.18. The van der Waals surface area contributed by atoms with E-state index in [-0.39, 0.29) is 0 Å². The van der Waals surface area contributed by atoms with Gasteiger partial charge in [-0.3, -0.25) is 0 Å². The van der Waals surface area contributed by atoms with Crippen molar-refractivity contribution in [2.45, 2.75) is 20.8 Å². The van der Waals surface area contributed by atoms with Gasteiger partial charge in [-0.05, 0) is 13.0 Å². The number of ether oxygens (including phenoxy) is 1. The van der Waals surface area contributed by atoms with Gasteiger partial charge in [0.15, 0.2) is 0 Å². The Morgan fingerprint density at radius 1 is 1.43 bits per heavy atom. The van der Waals surface area contributed by atoms with Crippen LogP contribution in [-0.2, 0) is 0 Å². The van der Waals surface area contributed by atoms with Crippen molar-refractivity contribution in [2.75, 3.05) is 6.61 Å². The predicted octanol–water partition coefficient (Wildman–Crippen LogP) is 2.92. The molecular formula is C12H14NO. The molecule has 1 aromatic rings. The minimum Gasteiger partial charge on any atom is -0.492 e. The molecule has 0 atom stereocenters. The van der Waals surface area contributed by atoms with Crippen LogP contribution >= 0.6 is 0 Å². The lowest BCUT2D eigenvalue weighted by Crippen LogP contribution is -2.00. The fourth-order valence-corrected chi connectivity index (χ4v) is 1.32. The molecule has 0 bridgehead atoms. The Labute approximate surface area is 85.1 Å². The van der Waals surface area contributed by atoms with E-state index in [0.717, 1.165) is 11.5 Å². The molecule has 0 unspecified atom stereocenters. The van der Waals surface area contributed by atoms with Gasteiger partial charge in [-0.2, -0.15) is 5.26 Å². The van der Waals surface area contributed by atoms with Crippen LogP contribution in [-0.4, -0.2) is 6.61 Å². The minimum absolute atomic E-state index is 0.582. The SMILES string of the molecule is CCOc1c(C#N)cccc1[C](C)C. The van der Waals surface area contributed by atoms with Gasteiger partial charge in [0.05, 0.1) is 12.2 Å². The topological polar surface area (TPSA) is 33.0 Å². The second kappa shape index (κ2) is 4.66. The highest BCUT2D eigenvalue weighted by Gasteiger charge is 2.11. The van der Waals surface area contributed by atoms with Crippen LogP contribution in [0.25, 0.3) is 0 Å². The summed E-state index contributed by atoms with van der Waals surface area (Å²) in [5.41, 5.74) is 1.62. The van der Waals surface area contributed by atoms with Crippen LogP contribution in [0, 0.1) is 17.2 Å². The first kappa shape index (κ1) is 10.6. The summed E-state index contributed by atoms with van der Waals surface area (Å²) in [6.45, 7) is 6.53. The van der Waals surface area contributed by atoms with E-state index >= 15 is 0 Å². The standard InChI is InChI=1S/C12H14NO/c1-4-14-12-10(8-13)6-5-7-11(12)9(2)3/h5-7H,4H2,1-3H3. The first-order chi connectivity index (χ1) is 6.70. The summed E-state index contributed by atoms with van der Waals surface area (Å²) in [6.07, 6.45) is 0.